The van der Waals surface area contributed by atoms with Crippen LogP contribution < -0.4 is 19.9 Å². The summed E-state index contributed by atoms with van der Waals surface area (Å²) in [6.07, 6.45) is 0.0954. The Hall–Kier alpha value is -4.41. The highest BCUT2D eigenvalue weighted by atomic mass is 16.6. The van der Waals surface area contributed by atoms with Gasteiger partial charge in [-0.25, -0.2) is 9.80 Å². The number of hydrogen-bond donors (Lipinski definition) is 1. The van der Waals surface area contributed by atoms with E-state index in [2.05, 4.69) is 5.43 Å². The zero-order chi connectivity index (χ0) is 24.8. The molecular weight excluding hydrogens is 446 g/mol. The van der Waals surface area contributed by atoms with Crippen molar-refractivity contribution in [2.75, 3.05) is 18.2 Å². The first kappa shape index (κ1) is 24.2. The maximum absolute atomic E-state index is 12.8. The smallest absolute Gasteiger partial charge is 0.347 e. The third-order valence-corrected chi connectivity index (χ3v) is 4.68. The number of para-hydroxylation sites is 1. The number of carbonyl (C=O) groups excluding carboxylic acids is 3. The summed E-state index contributed by atoms with van der Waals surface area (Å²) < 4.78 is 15.9. The molecule has 1 atom stereocenters. The zero-order valence-electron chi connectivity index (χ0n) is 18.8. The molecule has 1 heterocycles. The number of carbonyl (C=O) groups is 3. The molecule has 1 aliphatic rings. The van der Waals surface area contributed by atoms with Crippen molar-refractivity contribution in [1.29, 1.82) is 0 Å². The fourth-order valence-electron chi connectivity index (χ4n) is 3.18. The average molecular weight is 469 g/mol. The lowest BCUT2D eigenvalue weighted by Gasteiger charge is -2.17. The van der Waals surface area contributed by atoms with Gasteiger partial charge >= 0.3 is 11.7 Å². The molecule has 1 saturated heterocycles. The van der Waals surface area contributed by atoms with E-state index in [1.54, 1.807) is 44.2 Å². The molecule has 1 fully saturated rings. The van der Waals surface area contributed by atoms with Gasteiger partial charge in [-0.3, -0.25) is 25.1 Å². The highest BCUT2D eigenvalue weighted by Crippen LogP contribution is 2.40. The first-order valence-corrected chi connectivity index (χ1v) is 10.5. The maximum Gasteiger partial charge on any atom is 0.347 e. The van der Waals surface area contributed by atoms with E-state index in [1.807, 2.05) is 0 Å². The van der Waals surface area contributed by atoms with E-state index >= 15 is 0 Å². The lowest BCUT2D eigenvalue weighted by molar-refractivity contribution is -0.386. The summed E-state index contributed by atoms with van der Waals surface area (Å²) >= 11 is 0. The standard InChI is InChI=1S/C23H23N3O8/c1-4-32-19-13-15(12-18(26(30)31)20(19)34-14(3)23(29)33-5-2)11-17-21(27)24-25(22(17)28)16-9-7-6-8-10-16/h6-14H,4-5H2,1-3H3,(H,24,27). The highest BCUT2D eigenvalue weighted by molar-refractivity contribution is 6.31. The van der Waals surface area contributed by atoms with Crippen LogP contribution in [0.2, 0.25) is 0 Å². The number of benzene rings is 2. The zero-order valence-corrected chi connectivity index (χ0v) is 18.8. The molecule has 0 saturated carbocycles. The van der Waals surface area contributed by atoms with Gasteiger partial charge in [0.05, 0.1) is 23.8 Å². The van der Waals surface area contributed by atoms with Crippen molar-refractivity contribution < 1.29 is 33.5 Å². The first-order chi connectivity index (χ1) is 16.3. The van der Waals surface area contributed by atoms with Crippen LogP contribution in [0.3, 0.4) is 0 Å². The molecule has 3 rings (SSSR count). The van der Waals surface area contributed by atoms with Crippen LogP contribution in [0.4, 0.5) is 11.4 Å². The molecule has 2 amide bonds. The molecule has 2 aromatic carbocycles. The van der Waals surface area contributed by atoms with Gasteiger partial charge in [0.2, 0.25) is 5.75 Å². The van der Waals surface area contributed by atoms with Crippen LogP contribution in [0.25, 0.3) is 6.08 Å². The van der Waals surface area contributed by atoms with E-state index < -0.39 is 34.5 Å². The molecule has 0 radical (unpaired) electrons. The number of amides is 2. The van der Waals surface area contributed by atoms with E-state index in [-0.39, 0.29) is 35.8 Å². The van der Waals surface area contributed by atoms with Crippen LogP contribution in [0.5, 0.6) is 11.5 Å². The van der Waals surface area contributed by atoms with Gasteiger partial charge in [-0.15, -0.1) is 0 Å². The van der Waals surface area contributed by atoms with E-state index in [9.17, 15) is 24.5 Å². The molecule has 11 heteroatoms. The number of hydrazine groups is 1. The topological polar surface area (TPSA) is 137 Å². The molecule has 1 aliphatic heterocycles. The van der Waals surface area contributed by atoms with Crippen LogP contribution in [0.1, 0.15) is 26.3 Å². The Morgan fingerprint density at radius 2 is 1.88 bits per heavy atom. The first-order valence-electron chi connectivity index (χ1n) is 10.5. The second-order valence-electron chi connectivity index (χ2n) is 7.04. The number of nitro benzene ring substituents is 1. The van der Waals surface area contributed by atoms with Crippen LogP contribution >= 0.6 is 0 Å². The van der Waals surface area contributed by atoms with Crippen molar-refractivity contribution in [3.8, 4) is 11.5 Å². The monoisotopic (exact) mass is 469 g/mol. The number of anilines is 1. The minimum absolute atomic E-state index is 0.0227. The van der Waals surface area contributed by atoms with Crippen LogP contribution in [0.15, 0.2) is 48.0 Å². The maximum atomic E-state index is 12.8. The van der Waals surface area contributed by atoms with Gasteiger partial charge in [-0.2, -0.15) is 0 Å². The fourth-order valence-corrected chi connectivity index (χ4v) is 3.18. The molecule has 0 spiro atoms. The predicted molar refractivity (Wildman–Crippen MR) is 121 cm³/mol. The number of nitrogens with zero attached hydrogens (tertiary/aromatic N) is 2. The Kier molecular flexibility index (Phi) is 7.46. The lowest BCUT2D eigenvalue weighted by Crippen LogP contribution is -2.35. The molecule has 34 heavy (non-hydrogen) atoms. The number of esters is 1. The van der Waals surface area contributed by atoms with Crippen molar-refractivity contribution in [2.45, 2.75) is 26.9 Å². The predicted octanol–water partition coefficient (Wildman–Crippen LogP) is 2.79. The molecule has 0 aromatic heterocycles. The van der Waals surface area contributed by atoms with Crippen molar-refractivity contribution in [3.63, 3.8) is 0 Å². The van der Waals surface area contributed by atoms with Crippen molar-refractivity contribution in [3.05, 3.63) is 63.7 Å². The van der Waals surface area contributed by atoms with Gasteiger partial charge in [-0.05, 0) is 50.6 Å². The summed E-state index contributed by atoms with van der Waals surface area (Å²) in [5, 5.41) is 12.9. The molecule has 178 valence electrons. The Morgan fingerprint density at radius 1 is 1.18 bits per heavy atom. The molecule has 0 aliphatic carbocycles. The minimum Gasteiger partial charge on any atom is -0.490 e. The third-order valence-electron chi connectivity index (χ3n) is 4.68. The second kappa shape index (κ2) is 10.5. The van der Waals surface area contributed by atoms with Crippen molar-refractivity contribution in [1.82, 2.24) is 5.43 Å². The van der Waals surface area contributed by atoms with Crippen molar-refractivity contribution >= 4 is 35.2 Å². The van der Waals surface area contributed by atoms with Gasteiger partial charge in [0.1, 0.15) is 5.57 Å². The van der Waals surface area contributed by atoms with Gasteiger partial charge in [0.25, 0.3) is 11.8 Å². The largest absolute Gasteiger partial charge is 0.490 e. The van der Waals surface area contributed by atoms with Crippen LogP contribution in [-0.4, -0.2) is 42.0 Å². The SMILES string of the molecule is CCOC(=O)C(C)Oc1c(OCC)cc(C=C2C(=O)NN(c3ccccc3)C2=O)cc1[N+](=O)[O-]. The second-order valence-corrected chi connectivity index (χ2v) is 7.04. The van der Waals surface area contributed by atoms with E-state index in [0.717, 1.165) is 11.1 Å². The van der Waals surface area contributed by atoms with Crippen LogP contribution in [-0.2, 0) is 19.1 Å². The van der Waals surface area contributed by atoms with E-state index in [1.165, 1.54) is 19.1 Å². The van der Waals surface area contributed by atoms with Crippen LogP contribution in [0, 0.1) is 10.1 Å². The van der Waals surface area contributed by atoms with E-state index in [0.29, 0.717) is 5.69 Å². The number of nitrogens with one attached hydrogen (secondary N) is 1. The number of ether oxygens (including phenoxy) is 3. The van der Waals surface area contributed by atoms with Crippen molar-refractivity contribution in [2.24, 2.45) is 0 Å². The summed E-state index contributed by atoms with van der Waals surface area (Å²) in [6, 6.07) is 11.0. The van der Waals surface area contributed by atoms with E-state index in [4.69, 9.17) is 14.2 Å². The third kappa shape index (κ3) is 5.14. The Bertz CT molecular complexity index is 1150. The summed E-state index contributed by atoms with van der Waals surface area (Å²) in [6.45, 7) is 4.95. The summed E-state index contributed by atoms with van der Waals surface area (Å²) in [5.41, 5.74) is 2.38. The Labute approximate surface area is 195 Å². The summed E-state index contributed by atoms with van der Waals surface area (Å²) in [5.74, 6) is -2.26. The Morgan fingerprint density at radius 3 is 2.50 bits per heavy atom. The number of hydrogen-bond acceptors (Lipinski definition) is 8. The van der Waals surface area contributed by atoms with Gasteiger partial charge < -0.3 is 14.2 Å². The lowest BCUT2D eigenvalue weighted by atomic mass is 10.1. The molecule has 11 nitrogen and oxygen atoms in total. The number of nitro groups is 1. The molecule has 1 N–H and O–H groups in total. The molecule has 2 aromatic rings. The molecule has 0 bridgehead atoms. The number of rotatable bonds is 9. The average Bonchev–Trinajstić information content (AvgIpc) is 3.09. The minimum atomic E-state index is -1.14. The normalized spacial score (nSPS) is 15.1. The van der Waals surface area contributed by atoms with Gasteiger partial charge in [0, 0.05) is 6.07 Å². The van der Waals surface area contributed by atoms with Gasteiger partial charge in [-0.1, -0.05) is 18.2 Å². The fraction of sp³-hybridized carbons (Fsp3) is 0.261. The molecular formula is C23H23N3O8. The quantitative estimate of drug-likeness (QED) is 0.195. The summed E-state index contributed by atoms with van der Waals surface area (Å²) in [4.78, 5) is 48.3. The Balaban J connectivity index is 2.01. The molecule has 1 unspecified atom stereocenters. The highest BCUT2D eigenvalue weighted by Gasteiger charge is 2.35. The van der Waals surface area contributed by atoms with Gasteiger partial charge in [0.15, 0.2) is 11.9 Å². The summed E-state index contributed by atoms with van der Waals surface area (Å²) in [7, 11) is 0.